The molecular formula is C30H32N2O7. The van der Waals surface area contributed by atoms with E-state index in [1.54, 1.807) is 24.3 Å². The Morgan fingerprint density at radius 3 is 2.56 bits per heavy atom. The van der Waals surface area contributed by atoms with Crippen molar-refractivity contribution in [2.45, 2.75) is 46.0 Å². The summed E-state index contributed by atoms with van der Waals surface area (Å²) in [5.41, 5.74) is -0.472. The van der Waals surface area contributed by atoms with Gasteiger partial charge in [0.05, 0.1) is 13.7 Å². The molecule has 0 spiro atoms. The molecule has 0 aliphatic heterocycles. The van der Waals surface area contributed by atoms with Crippen LogP contribution in [0.2, 0.25) is 0 Å². The molecule has 2 aromatic carbocycles. The summed E-state index contributed by atoms with van der Waals surface area (Å²) in [7, 11) is 1.52. The van der Waals surface area contributed by atoms with Crippen LogP contribution in [0.15, 0.2) is 57.2 Å². The molecule has 0 atom stereocenters. The number of methoxy groups -OCH3 is 1. The van der Waals surface area contributed by atoms with E-state index >= 15 is 0 Å². The lowest BCUT2D eigenvalue weighted by Gasteiger charge is -2.11. The van der Waals surface area contributed by atoms with Gasteiger partial charge in [-0.25, -0.2) is 9.59 Å². The number of hydrogen-bond donors (Lipinski definition) is 1. The highest BCUT2D eigenvalue weighted by molar-refractivity contribution is 6.00. The minimum absolute atomic E-state index is 0.0735. The van der Waals surface area contributed by atoms with Crippen molar-refractivity contribution < 1.29 is 28.2 Å². The number of nitrogens with one attached hydrogen (secondary N) is 1. The molecule has 0 unspecified atom stereocenters. The Morgan fingerprint density at radius 1 is 1.03 bits per heavy atom. The summed E-state index contributed by atoms with van der Waals surface area (Å²) in [5.74, 6) is -0.266. The molecule has 3 rings (SSSR count). The van der Waals surface area contributed by atoms with Gasteiger partial charge >= 0.3 is 11.6 Å². The second-order valence-corrected chi connectivity index (χ2v) is 8.78. The molecule has 9 heteroatoms. The van der Waals surface area contributed by atoms with Gasteiger partial charge in [-0.15, -0.1) is 0 Å². The maximum absolute atomic E-state index is 12.7. The predicted molar refractivity (Wildman–Crippen MR) is 147 cm³/mol. The zero-order valence-electron chi connectivity index (χ0n) is 22.4. The van der Waals surface area contributed by atoms with Crippen molar-refractivity contribution in [3.8, 4) is 23.3 Å². The number of nitrogens with zero attached hydrogens (tertiary/aromatic N) is 1. The van der Waals surface area contributed by atoms with Gasteiger partial charge in [-0.3, -0.25) is 4.79 Å². The molecule has 0 saturated heterocycles. The van der Waals surface area contributed by atoms with Crippen molar-refractivity contribution in [3.63, 3.8) is 0 Å². The van der Waals surface area contributed by atoms with Gasteiger partial charge in [0.15, 0.2) is 11.5 Å². The number of esters is 1. The van der Waals surface area contributed by atoms with Crippen LogP contribution in [0.5, 0.6) is 17.2 Å². The Morgan fingerprint density at radius 2 is 1.85 bits per heavy atom. The Balaban J connectivity index is 1.74. The van der Waals surface area contributed by atoms with E-state index in [0.29, 0.717) is 35.6 Å². The average molecular weight is 533 g/mol. The highest BCUT2D eigenvalue weighted by atomic mass is 16.5. The number of rotatable bonds is 13. The SMILES string of the molecule is CCCCCCOc1ccc(/C=C(\C#N)C(=O)Oc2ccc3cc(C(=O)NCCC)c(=O)oc3c2)cc1OC. The Labute approximate surface area is 227 Å². The van der Waals surface area contributed by atoms with Gasteiger partial charge in [0.25, 0.3) is 5.91 Å². The van der Waals surface area contributed by atoms with Gasteiger partial charge in [-0.1, -0.05) is 39.2 Å². The summed E-state index contributed by atoms with van der Waals surface area (Å²) in [6, 6.07) is 12.8. The Kier molecular flexibility index (Phi) is 10.7. The van der Waals surface area contributed by atoms with Crippen LogP contribution in [0, 0.1) is 11.3 Å². The molecule has 3 aromatic rings. The van der Waals surface area contributed by atoms with E-state index in [1.807, 2.05) is 13.0 Å². The summed E-state index contributed by atoms with van der Waals surface area (Å²) in [6.45, 7) is 5.05. The quantitative estimate of drug-likeness (QED) is 0.0773. The first-order valence-corrected chi connectivity index (χ1v) is 12.9. The van der Waals surface area contributed by atoms with E-state index in [1.165, 1.54) is 31.4 Å². The summed E-state index contributed by atoms with van der Waals surface area (Å²) >= 11 is 0. The fraction of sp³-hybridized carbons (Fsp3) is 0.333. The third-order valence-corrected chi connectivity index (χ3v) is 5.79. The molecule has 0 aliphatic carbocycles. The number of ether oxygens (including phenoxy) is 3. The van der Waals surface area contributed by atoms with Gasteiger partial charge in [-0.2, -0.15) is 5.26 Å². The lowest BCUT2D eigenvalue weighted by Crippen LogP contribution is -2.28. The normalized spacial score (nSPS) is 11.1. The monoisotopic (exact) mass is 532 g/mol. The van der Waals surface area contributed by atoms with Gasteiger partial charge in [0.1, 0.15) is 28.5 Å². The molecular weight excluding hydrogens is 500 g/mol. The van der Waals surface area contributed by atoms with Crippen LogP contribution in [0.3, 0.4) is 0 Å². The van der Waals surface area contributed by atoms with Crippen LogP contribution in [0.4, 0.5) is 0 Å². The Hall–Kier alpha value is -4.58. The van der Waals surface area contributed by atoms with Crippen molar-refractivity contribution in [1.29, 1.82) is 5.26 Å². The second kappa shape index (κ2) is 14.4. The molecule has 1 N–H and O–H groups in total. The van der Waals surface area contributed by atoms with Crippen molar-refractivity contribution in [1.82, 2.24) is 5.32 Å². The van der Waals surface area contributed by atoms with E-state index < -0.39 is 17.5 Å². The van der Waals surface area contributed by atoms with Crippen LogP contribution in [-0.4, -0.2) is 32.1 Å². The zero-order chi connectivity index (χ0) is 28.2. The molecule has 1 heterocycles. The molecule has 0 fully saturated rings. The molecule has 39 heavy (non-hydrogen) atoms. The summed E-state index contributed by atoms with van der Waals surface area (Å²) in [4.78, 5) is 37.2. The number of fused-ring (bicyclic) bond motifs is 1. The van der Waals surface area contributed by atoms with Gasteiger partial charge in [0.2, 0.25) is 0 Å². The van der Waals surface area contributed by atoms with Crippen LogP contribution < -0.4 is 25.2 Å². The number of amides is 1. The minimum Gasteiger partial charge on any atom is -0.493 e. The maximum Gasteiger partial charge on any atom is 0.354 e. The van der Waals surface area contributed by atoms with E-state index in [0.717, 1.165) is 32.1 Å². The molecule has 1 amide bonds. The highest BCUT2D eigenvalue weighted by Gasteiger charge is 2.16. The first-order chi connectivity index (χ1) is 18.9. The number of carbonyl (C=O) groups excluding carboxylic acids is 2. The summed E-state index contributed by atoms with van der Waals surface area (Å²) < 4.78 is 21.9. The van der Waals surface area contributed by atoms with Gasteiger partial charge in [-0.05, 0) is 54.8 Å². The third kappa shape index (κ3) is 7.95. The third-order valence-electron chi connectivity index (χ3n) is 5.79. The summed E-state index contributed by atoms with van der Waals surface area (Å²) in [5, 5.41) is 12.7. The van der Waals surface area contributed by atoms with Crippen molar-refractivity contribution in [3.05, 3.63) is 69.6 Å². The fourth-order valence-corrected chi connectivity index (χ4v) is 3.72. The van der Waals surface area contributed by atoms with E-state index in [4.69, 9.17) is 18.6 Å². The van der Waals surface area contributed by atoms with E-state index in [2.05, 4.69) is 12.2 Å². The van der Waals surface area contributed by atoms with E-state index in [-0.39, 0.29) is 22.5 Å². The largest absolute Gasteiger partial charge is 0.493 e. The minimum atomic E-state index is -0.884. The van der Waals surface area contributed by atoms with Crippen LogP contribution in [0.25, 0.3) is 17.0 Å². The van der Waals surface area contributed by atoms with Crippen molar-refractivity contribution in [2.24, 2.45) is 0 Å². The topological polar surface area (TPSA) is 128 Å². The lowest BCUT2D eigenvalue weighted by atomic mass is 10.1. The average Bonchev–Trinajstić information content (AvgIpc) is 2.94. The lowest BCUT2D eigenvalue weighted by molar-refractivity contribution is -0.129. The first kappa shape index (κ1) is 29.0. The van der Waals surface area contributed by atoms with Crippen LogP contribution >= 0.6 is 0 Å². The number of unbranched alkanes of at least 4 members (excludes halogenated alkanes) is 3. The number of hydrogen-bond acceptors (Lipinski definition) is 8. The molecule has 0 saturated carbocycles. The van der Waals surface area contributed by atoms with Crippen LogP contribution in [0.1, 0.15) is 61.9 Å². The first-order valence-electron chi connectivity index (χ1n) is 12.9. The summed E-state index contributed by atoms with van der Waals surface area (Å²) in [6.07, 6.45) is 6.45. The maximum atomic E-state index is 12.7. The van der Waals surface area contributed by atoms with Gasteiger partial charge in [0, 0.05) is 18.0 Å². The number of nitriles is 1. The predicted octanol–water partition coefficient (Wildman–Crippen LogP) is 5.41. The highest BCUT2D eigenvalue weighted by Crippen LogP contribution is 2.29. The zero-order valence-corrected chi connectivity index (χ0v) is 22.4. The standard InChI is InChI=1S/C30H32N2O7/c1-4-6-7-8-14-37-25-12-9-20(16-27(25)36-3)15-22(19-31)29(34)38-23-11-10-21-17-24(28(33)32-13-5-2)30(35)39-26(21)18-23/h9-12,15-18H,4-8,13-14H2,1-3H3,(H,32,33)/b22-15+. The molecule has 0 bridgehead atoms. The molecule has 0 aliphatic rings. The van der Waals surface area contributed by atoms with Crippen LogP contribution in [-0.2, 0) is 4.79 Å². The smallest absolute Gasteiger partial charge is 0.354 e. The molecule has 9 nitrogen and oxygen atoms in total. The Bertz CT molecular complexity index is 1450. The molecule has 0 radical (unpaired) electrons. The van der Waals surface area contributed by atoms with E-state index in [9.17, 15) is 19.6 Å². The van der Waals surface area contributed by atoms with Crippen molar-refractivity contribution >= 4 is 28.9 Å². The van der Waals surface area contributed by atoms with Gasteiger partial charge < -0.3 is 23.9 Å². The number of benzene rings is 2. The number of carbonyl (C=O) groups is 2. The second-order valence-electron chi connectivity index (χ2n) is 8.78. The molecule has 1 aromatic heterocycles. The molecule has 204 valence electrons. The fourth-order valence-electron chi connectivity index (χ4n) is 3.72. The van der Waals surface area contributed by atoms with Crippen molar-refractivity contribution in [2.75, 3.05) is 20.3 Å².